The van der Waals surface area contributed by atoms with Gasteiger partial charge in [-0.3, -0.25) is 4.79 Å². The Balaban J connectivity index is 2.16. The fraction of sp³-hybridized carbons (Fsp3) is 0.909. The first-order chi connectivity index (χ1) is 7.96. The van der Waals surface area contributed by atoms with Gasteiger partial charge in [0, 0.05) is 13.1 Å². The van der Waals surface area contributed by atoms with E-state index in [4.69, 9.17) is 0 Å². The molecule has 0 radical (unpaired) electrons. The van der Waals surface area contributed by atoms with Crippen molar-refractivity contribution in [2.75, 3.05) is 18.8 Å². The largest absolute Gasteiger partial charge is 0.481 e. The lowest BCUT2D eigenvalue weighted by Crippen LogP contribution is -2.45. The molecule has 0 amide bonds. The van der Waals surface area contributed by atoms with Crippen LogP contribution in [0.4, 0.5) is 0 Å². The van der Waals surface area contributed by atoms with Crippen LogP contribution in [-0.4, -0.2) is 42.6 Å². The van der Waals surface area contributed by atoms with Crippen molar-refractivity contribution >= 4 is 16.0 Å². The summed E-state index contributed by atoms with van der Waals surface area (Å²) in [6, 6.07) is 0. The van der Waals surface area contributed by atoms with Crippen molar-refractivity contribution in [3.05, 3.63) is 0 Å². The van der Waals surface area contributed by atoms with Crippen LogP contribution in [0.3, 0.4) is 0 Å². The Bertz CT molecular complexity index is 398. The number of rotatable bonds is 3. The first-order valence-electron chi connectivity index (χ1n) is 6.18. The highest BCUT2D eigenvalue weighted by Gasteiger charge is 2.44. The number of carboxylic acids is 1. The van der Waals surface area contributed by atoms with Gasteiger partial charge in [-0.05, 0) is 19.3 Å². The highest BCUT2D eigenvalue weighted by molar-refractivity contribution is 7.89. The summed E-state index contributed by atoms with van der Waals surface area (Å²) in [6.07, 6.45) is 4.67. The molecule has 2 fully saturated rings. The highest BCUT2D eigenvalue weighted by atomic mass is 32.2. The topological polar surface area (TPSA) is 74.7 Å². The van der Waals surface area contributed by atoms with Crippen LogP contribution in [0, 0.1) is 5.41 Å². The monoisotopic (exact) mass is 261 g/mol. The second kappa shape index (κ2) is 4.57. The molecule has 6 heteroatoms. The minimum absolute atomic E-state index is 0.169. The third-order valence-corrected chi connectivity index (χ3v) is 5.85. The zero-order valence-electron chi connectivity index (χ0n) is 9.89. The number of hydrogen-bond donors (Lipinski definition) is 1. The second-order valence-electron chi connectivity index (χ2n) is 5.15. The minimum Gasteiger partial charge on any atom is -0.481 e. The second-order valence-corrected chi connectivity index (χ2v) is 7.24. The van der Waals surface area contributed by atoms with Gasteiger partial charge in [0.05, 0.1) is 11.2 Å². The first kappa shape index (κ1) is 12.8. The molecule has 1 saturated carbocycles. The van der Waals surface area contributed by atoms with Gasteiger partial charge in [-0.2, -0.15) is 0 Å². The Morgan fingerprint density at radius 2 is 1.82 bits per heavy atom. The zero-order chi connectivity index (χ0) is 12.5. The quantitative estimate of drug-likeness (QED) is 0.824. The van der Waals surface area contributed by atoms with E-state index in [1.807, 2.05) is 0 Å². The van der Waals surface area contributed by atoms with Crippen LogP contribution in [0.25, 0.3) is 0 Å². The number of aliphatic carboxylic acids is 1. The predicted molar refractivity (Wildman–Crippen MR) is 63.1 cm³/mol. The Kier molecular flexibility index (Phi) is 3.45. The Morgan fingerprint density at radius 3 is 2.29 bits per heavy atom. The maximum atomic E-state index is 11.7. The van der Waals surface area contributed by atoms with Crippen LogP contribution in [0.15, 0.2) is 0 Å². The van der Waals surface area contributed by atoms with Gasteiger partial charge < -0.3 is 5.11 Å². The smallest absolute Gasteiger partial charge is 0.310 e. The SMILES string of the molecule is O=C(O)C1(CN2CCCS2(=O)=O)CCCCC1. The minimum atomic E-state index is -3.19. The summed E-state index contributed by atoms with van der Waals surface area (Å²) in [5.74, 6) is -0.665. The van der Waals surface area contributed by atoms with Crippen LogP contribution in [0.5, 0.6) is 0 Å². The molecule has 0 unspecified atom stereocenters. The Labute approximate surface area is 102 Å². The fourth-order valence-electron chi connectivity index (χ4n) is 2.87. The molecule has 5 nitrogen and oxygen atoms in total. The fourth-order valence-corrected chi connectivity index (χ4v) is 4.48. The third kappa shape index (κ3) is 2.47. The summed E-state index contributed by atoms with van der Waals surface area (Å²) in [7, 11) is -3.19. The van der Waals surface area contributed by atoms with Crippen molar-refractivity contribution in [2.24, 2.45) is 5.41 Å². The molecule has 2 rings (SSSR count). The lowest BCUT2D eigenvalue weighted by atomic mass is 9.74. The molecule has 0 aromatic carbocycles. The molecule has 0 aromatic heterocycles. The van der Waals surface area contributed by atoms with Gasteiger partial charge in [-0.25, -0.2) is 12.7 Å². The van der Waals surface area contributed by atoms with Gasteiger partial charge in [0.1, 0.15) is 0 Å². The van der Waals surface area contributed by atoms with Gasteiger partial charge in [0.2, 0.25) is 10.0 Å². The average molecular weight is 261 g/mol. The maximum Gasteiger partial charge on any atom is 0.310 e. The number of sulfonamides is 1. The molecule has 2 aliphatic rings. The Hall–Kier alpha value is -0.620. The van der Waals surface area contributed by atoms with E-state index in [9.17, 15) is 18.3 Å². The predicted octanol–water partition coefficient (Wildman–Crippen LogP) is 1.06. The van der Waals surface area contributed by atoms with Crippen molar-refractivity contribution in [2.45, 2.75) is 38.5 Å². The summed E-state index contributed by atoms with van der Waals surface area (Å²) in [6.45, 7) is 0.655. The number of nitrogens with zero attached hydrogens (tertiary/aromatic N) is 1. The van der Waals surface area contributed by atoms with Crippen molar-refractivity contribution in [1.29, 1.82) is 0 Å². The van der Waals surface area contributed by atoms with Crippen LogP contribution in [-0.2, 0) is 14.8 Å². The van der Waals surface area contributed by atoms with Crippen LogP contribution in [0.1, 0.15) is 38.5 Å². The molecule has 1 heterocycles. The lowest BCUT2D eigenvalue weighted by Gasteiger charge is -2.35. The average Bonchev–Trinajstić information content (AvgIpc) is 2.59. The van der Waals surface area contributed by atoms with Gasteiger partial charge in [-0.1, -0.05) is 19.3 Å². The van der Waals surface area contributed by atoms with Crippen LogP contribution in [0.2, 0.25) is 0 Å². The standard InChI is InChI=1S/C11H19NO4S/c13-10(14)11(5-2-1-3-6-11)9-12-7-4-8-17(12,15)16/h1-9H2,(H,13,14). The van der Waals surface area contributed by atoms with Gasteiger partial charge in [0.25, 0.3) is 0 Å². The molecule has 1 aliphatic carbocycles. The molecule has 0 bridgehead atoms. The summed E-state index contributed by atoms with van der Waals surface area (Å²) in [5, 5.41) is 9.40. The number of hydrogen-bond acceptors (Lipinski definition) is 3. The highest BCUT2D eigenvalue weighted by Crippen LogP contribution is 2.38. The van der Waals surface area contributed by atoms with E-state index in [0.29, 0.717) is 25.8 Å². The van der Waals surface area contributed by atoms with E-state index >= 15 is 0 Å². The lowest BCUT2D eigenvalue weighted by molar-refractivity contribution is -0.151. The molecule has 0 aromatic rings. The summed E-state index contributed by atoms with van der Waals surface area (Å²) in [5.41, 5.74) is -0.838. The Morgan fingerprint density at radius 1 is 1.18 bits per heavy atom. The van der Waals surface area contributed by atoms with E-state index in [-0.39, 0.29) is 12.3 Å². The van der Waals surface area contributed by atoms with Crippen molar-refractivity contribution in [3.8, 4) is 0 Å². The number of carboxylic acid groups (broad SMARTS) is 1. The molecule has 1 aliphatic heterocycles. The molecule has 1 saturated heterocycles. The molecule has 0 spiro atoms. The number of carbonyl (C=O) groups is 1. The maximum absolute atomic E-state index is 11.7. The van der Waals surface area contributed by atoms with E-state index in [1.54, 1.807) is 0 Å². The van der Waals surface area contributed by atoms with Gasteiger partial charge in [0.15, 0.2) is 0 Å². The summed E-state index contributed by atoms with van der Waals surface area (Å²) in [4.78, 5) is 11.5. The summed E-state index contributed by atoms with van der Waals surface area (Å²) < 4.78 is 24.8. The van der Waals surface area contributed by atoms with E-state index in [1.165, 1.54) is 4.31 Å². The van der Waals surface area contributed by atoms with Gasteiger partial charge in [-0.15, -0.1) is 0 Å². The van der Waals surface area contributed by atoms with Crippen LogP contribution < -0.4 is 0 Å². The molecular formula is C11H19NO4S. The summed E-state index contributed by atoms with van der Waals surface area (Å²) >= 11 is 0. The van der Waals surface area contributed by atoms with E-state index in [0.717, 1.165) is 19.3 Å². The zero-order valence-corrected chi connectivity index (χ0v) is 10.7. The van der Waals surface area contributed by atoms with Gasteiger partial charge >= 0.3 is 5.97 Å². The molecular weight excluding hydrogens is 242 g/mol. The third-order valence-electron chi connectivity index (χ3n) is 3.95. The van der Waals surface area contributed by atoms with Crippen molar-refractivity contribution in [3.63, 3.8) is 0 Å². The molecule has 98 valence electrons. The molecule has 1 N–H and O–H groups in total. The van der Waals surface area contributed by atoms with E-state index < -0.39 is 21.4 Å². The van der Waals surface area contributed by atoms with Crippen LogP contribution >= 0.6 is 0 Å². The van der Waals surface area contributed by atoms with Crippen molar-refractivity contribution in [1.82, 2.24) is 4.31 Å². The van der Waals surface area contributed by atoms with E-state index in [2.05, 4.69) is 0 Å². The molecule has 0 atom stereocenters. The molecule has 17 heavy (non-hydrogen) atoms. The first-order valence-corrected chi connectivity index (χ1v) is 7.78. The van der Waals surface area contributed by atoms with Crippen molar-refractivity contribution < 1.29 is 18.3 Å². The normalized spacial score (nSPS) is 28.0.